The summed E-state index contributed by atoms with van der Waals surface area (Å²) in [5.74, 6) is 0.810. The summed E-state index contributed by atoms with van der Waals surface area (Å²) in [6.07, 6.45) is 6.60. The molecule has 0 aliphatic heterocycles. The number of hydrazone groups is 1. The molecule has 1 aromatic rings. The van der Waals surface area contributed by atoms with Crippen molar-refractivity contribution in [2.45, 2.75) is 32.6 Å². The normalized spacial score (nSPS) is 29.2. The highest BCUT2D eigenvalue weighted by Crippen LogP contribution is 2.66. The molecule has 2 fully saturated rings. The van der Waals surface area contributed by atoms with Crippen LogP contribution in [0, 0.1) is 17.3 Å². The predicted octanol–water partition coefficient (Wildman–Crippen LogP) is 3.79. The fourth-order valence-electron chi connectivity index (χ4n) is 4.06. The summed E-state index contributed by atoms with van der Waals surface area (Å²) in [6, 6.07) is 6.03. The van der Waals surface area contributed by atoms with Crippen molar-refractivity contribution in [3.05, 3.63) is 28.2 Å². The maximum absolute atomic E-state index is 12.3. The highest BCUT2D eigenvalue weighted by molar-refractivity contribution is 9.10. The van der Waals surface area contributed by atoms with E-state index in [2.05, 4.69) is 33.4 Å². The summed E-state index contributed by atoms with van der Waals surface area (Å²) in [5, 5.41) is 4.15. The summed E-state index contributed by atoms with van der Waals surface area (Å²) in [7, 11) is 4.01. The van der Waals surface area contributed by atoms with Crippen LogP contribution in [0.25, 0.3) is 0 Å². The van der Waals surface area contributed by atoms with Gasteiger partial charge in [0.2, 0.25) is 5.91 Å². The Hall–Kier alpha value is -1.36. The van der Waals surface area contributed by atoms with Gasteiger partial charge in [0.05, 0.1) is 11.9 Å². The van der Waals surface area contributed by atoms with Gasteiger partial charge in [0, 0.05) is 24.5 Å². The first-order chi connectivity index (χ1) is 10.9. The first kappa shape index (κ1) is 16.5. The fourth-order valence-corrected chi connectivity index (χ4v) is 4.81. The molecule has 23 heavy (non-hydrogen) atoms. The van der Waals surface area contributed by atoms with Gasteiger partial charge in [-0.2, -0.15) is 5.10 Å². The number of benzene rings is 1. The fraction of sp³-hybridized carbons (Fsp3) is 0.556. The number of fused-ring (bicyclic) bond motifs is 1. The zero-order valence-corrected chi connectivity index (χ0v) is 15.6. The molecule has 124 valence electrons. The molecule has 0 heterocycles. The third kappa shape index (κ3) is 3.16. The number of halogens is 1. The van der Waals surface area contributed by atoms with E-state index < -0.39 is 0 Å². The van der Waals surface area contributed by atoms with Crippen molar-refractivity contribution in [1.29, 1.82) is 0 Å². The molecule has 1 aromatic carbocycles. The Morgan fingerprint density at radius 2 is 2.22 bits per heavy atom. The summed E-state index contributed by atoms with van der Waals surface area (Å²) in [4.78, 5) is 14.4. The molecule has 0 spiro atoms. The van der Waals surface area contributed by atoms with Gasteiger partial charge in [0.15, 0.2) is 0 Å². The van der Waals surface area contributed by atoms with Crippen molar-refractivity contribution < 1.29 is 4.79 Å². The molecule has 0 bridgehead atoms. The van der Waals surface area contributed by atoms with Crippen molar-refractivity contribution in [3.63, 3.8) is 0 Å². The third-order valence-electron chi connectivity index (χ3n) is 5.46. The van der Waals surface area contributed by atoms with E-state index in [9.17, 15) is 4.79 Å². The standard InChI is InChI=1S/C18H24BrN3O/c1-18-9-5-4-6-13(18)16(18)17(23)21-20-11-12-7-8-15(22(2)3)14(19)10-12/h7-8,10-11,13,16H,4-6,9H2,1-3H3,(H,21,23)/b20-11+. The highest BCUT2D eigenvalue weighted by Gasteiger charge is 2.64. The summed E-state index contributed by atoms with van der Waals surface area (Å²) >= 11 is 3.56. The van der Waals surface area contributed by atoms with Crippen molar-refractivity contribution in [3.8, 4) is 0 Å². The van der Waals surface area contributed by atoms with Crippen LogP contribution in [0.15, 0.2) is 27.8 Å². The van der Waals surface area contributed by atoms with E-state index in [4.69, 9.17) is 0 Å². The van der Waals surface area contributed by atoms with Gasteiger partial charge in [-0.3, -0.25) is 4.79 Å². The number of nitrogens with zero attached hydrogens (tertiary/aromatic N) is 2. The molecule has 3 unspecified atom stereocenters. The zero-order chi connectivity index (χ0) is 16.6. The van der Waals surface area contributed by atoms with Crippen LogP contribution < -0.4 is 10.3 Å². The molecule has 2 aliphatic rings. The van der Waals surface area contributed by atoms with Crippen LogP contribution in [0.4, 0.5) is 5.69 Å². The van der Waals surface area contributed by atoms with Crippen LogP contribution in [0.3, 0.4) is 0 Å². The van der Waals surface area contributed by atoms with Crippen LogP contribution in [-0.4, -0.2) is 26.2 Å². The van der Waals surface area contributed by atoms with Gasteiger partial charge in [-0.25, -0.2) is 5.43 Å². The Morgan fingerprint density at radius 3 is 2.83 bits per heavy atom. The van der Waals surface area contributed by atoms with Gasteiger partial charge >= 0.3 is 0 Å². The average molecular weight is 378 g/mol. The smallest absolute Gasteiger partial charge is 0.244 e. The minimum Gasteiger partial charge on any atom is -0.377 e. The molecule has 1 amide bonds. The van der Waals surface area contributed by atoms with E-state index in [1.54, 1.807) is 6.21 Å². The van der Waals surface area contributed by atoms with Gasteiger partial charge in [-0.1, -0.05) is 25.8 Å². The molecule has 4 nitrogen and oxygen atoms in total. The molecule has 0 aromatic heterocycles. The van der Waals surface area contributed by atoms with Gasteiger partial charge in [-0.15, -0.1) is 0 Å². The highest BCUT2D eigenvalue weighted by atomic mass is 79.9. The number of carbonyl (C=O) groups excluding carboxylic acids is 1. The molecular weight excluding hydrogens is 354 g/mol. The van der Waals surface area contributed by atoms with Crippen LogP contribution in [0.1, 0.15) is 38.2 Å². The first-order valence-corrected chi connectivity index (χ1v) is 9.02. The monoisotopic (exact) mass is 377 g/mol. The zero-order valence-electron chi connectivity index (χ0n) is 14.0. The molecule has 5 heteroatoms. The number of rotatable bonds is 4. The Morgan fingerprint density at radius 1 is 1.43 bits per heavy atom. The molecular formula is C18H24BrN3O. The lowest BCUT2D eigenvalue weighted by atomic mass is 9.90. The van der Waals surface area contributed by atoms with Crippen LogP contribution in [0.5, 0.6) is 0 Å². The van der Waals surface area contributed by atoms with Crippen LogP contribution in [-0.2, 0) is 4.79 Å². The lowest BCUT2D eigenvalue weighted by Crippen LogP contribution is -2.22. The van der Waals surface area contributed by atoms with Crippen molar-refractivity contribution >= 4 is 33.7 Å². The van der Waals surface area contributed by atoms with E-state index in [0.717, 1.165) is 15.7 Å². The number of anilines is 1. The molecule has 2 saturated carbocycles. The Balaban J connectivity index is 1.59. The minimum absolute atomic E-state index is 0.0830. The predicted molar refractivity (Wildman–Crippen MR) is 97.8 cm³/mol. The second kappa shape index (κ2) is 6.27. The number of nitrogens with one attached hydrogen (secondary N) is 1. The first-order valence-electron chi connectivity index (χ1n) is 8.23. The maximum atomic E-state index is 12.3. The van der Waals surface area contributed by atoms with Gasteiger partial charge < -0.3 is 4.90 Å². The SMILES string of the molecule is CN(C)c1ccc(/C=N/NC(=O)C2C3CCCCC32C)cc1Br. The topological polar surface area (TPSA) is 44.7 Å². The van der Waals surface area contributed by atoms with Crippen molar-refractivity contribution in [2.75, 3.05) is 19.0 Å². The second-order valence-electron chi connectivity index (χ2n) is 7.18. The number of hydrogen-bond donors (Lipinski definition) is 1. The van der Waals surface area contributed by atoms with Crippen molar-refractivity contribution in [2.24, 2.45) is 22.4 Å². The minimum atomic E-state index is 0.0830. The van der Waals surface area contributed by atoms with Crippen LogP contribution >= 0.6 is 15.9 Å². The Labute approximate surface area is 146 Å². The molecule has 0 radical (unpaired) electrons. The third-order valence-corrected chi connectivity index (χ3v) is 6.09. The lowest BCUT2D eigenvalue weighted by Gasteiger charge is -2.15. The molecule has 3 rings (SSSR count). The van der Waals surface area contributed by atoms with E-state index in [1.165, 1.54) is 25.7 Å². The van der Waals surface area contributed by atoms with E-state index in [-0.39, 0.29) is 17.2 Å². The maximum Gasteiger partial charge on any atom is 0.244 e. The summed E-state index contributed by atoms with van der Waals surface area (Å²) in [5.41, 5.74) is 5.04. The summed E-state index contributed by atoms with van der Waals surface area (Å²) in [6.45, 7) is 2.25. The Bertz CT molecular complexity index is 643. The second-order valence-corrected chi connectivity index (χ2v) is 8.03. The lowest BCUT2D eigenvalue weighted by molar-refractivity contribution is -0.123. The van der Waals surface area contributed by atoms with E-state index in [1.807, 2.05) is 37.2 Å². The average Bonchev–Trinajstić information content (AvgIpc) is 3.12. The number of carbonyl (C=O) groups is 1. The van der Waals surface area contributed by atoms with Crippen molar-refractivity contribution in [1.82, 2.24) is 5.43 Å². The molecule has 0 saturated heterocycles. The number of hydrogen-bond acceptors (Lipinski definition) is 3. The summed E-state index contributed by atoms with van der Waals surface area (Å²) < 4.78 is 1.01. The van der Waals surface area contributed by atoms with Gasteiger partial charge in [-0.05, 0) is 57.8 Å². The van der Waals surface area contributed by atoms with Crippen LogP contribution in [0.2, 0.25) is 0 Å². The molecule has 1 N–H and O–H groups in total. The molecule has 2 aliphatic carbocycles. The van der Waals surface area contributed by atoms with Gasteiger partial charge in [0.25, 0.3) is 0 Å². The number of amides is 1. The Kier molecular flexibility index (Phi) is 4.50. The van der Waals surface area contributed by atoms with E-state index in [0.29, 0.717) is 5.92 Å². The van der Waals surface area contributed by atoms with Gasteiger partial charge in [0.1, 0.15) is 0 Å². The van der Waals surface area contributed by atoms with E-state index >= 15 is 0 Å². The quantitative estimate of drug-likeness (QED) is 0.640. The molecule has 3 atom stereocenters. The largest absolute Gasteiger partial charge is 0.377 e.